The molecule has 1 N–H and O–H groups in total. The molecule has 4 heteroatoms. The van der Waals surface area contributed by atoms with Gasteiger partial charge in [-0.15, -0.1) is 0 Å². The highest BCUT2D eigenvalue weighted by Gasteiger charge is 2.10. The van der Waals surface area contributed by atoms with E-state index < -0.39 is 0 Å². The second-order valence-electron chi connectivity index (χ2n) is 6.49. The third-order valence-electron chi connectivity index (χ3n) is 4.48. The second-order valence-corrected chi connectivity index (χ2v) is 6.49. The number of aromatic nitrogens is 1. The number of hydrogen-bond donors (Lipinski definition) is 1. The highest BCUT2D eigenvalue weighted by molar-refractivity contribution is 6.05. The van der Waals surface area contributed by atoms with Crippen LogP contribution in [0.3, 0.4) is 0 Å². The number of para-hydroxylation sites is 1. The minimum Gasteiger partial charge on any atom is -0.489 e. The zero-order chi connectivity index (χ0) is 19.2. The number of nitrogens with zero attached hydrogens (tertiary/aromatic N) is 1. The lowest BCUT2D eigenvalue weighted by Crippen LogP contribution is -2.23. The Kier molecular flexibility index (Phi) is 5.29. The summed E-state index contributed by atoms with van der Waals surface area (Å²) in [5, 5.41) is 3.92. The lowest BCUT2D eigenvalue weighted by Gasteiger charge is -2.10. The topological polar surface area (TPSA) is 51.2 Å². The van der Waals surface area contributed by atoms with Crippen molar-refractivity contribution in [1.29, 1.82) is 0 Å². The number of carbonyl (C=O) groups excluding carboxylic acids is 1. The summed E-state index contributed by atoms with van der Waals surface area (Å²) in [6.07, 6.45) is 1.70. The number of hydrogen-bond acceptors (Lipinski definition) is 3. The normalized spacial score (nSPS) is 10.6. The van der Waals surface area contributed by atoms with E-state index in [9.17, 15) is 4.79 Å². The van der Waals surface area contributed by atoms with Gasteiger partial charge in [-0.3, -0.25) is 9.78 Å². The van der Waals surface area contributed by atoms with Crippen molar-refractivity contribution >= 4 is 16.8 Å². The molecule has 0 fully saturated rings. The smallest absolute Gasteiger partial charge is 0.253 e. The van der Waals surface area contributed by atoms with Crippen molar-refractivity contribution in [2.45, 2.75) is 13.2 Å². The van der Waals surface area contributed by atoms with Crippen LogP contribution >= 0.6 is 0 Å². The van der Waals surface area contributed by atoms with Gasteiger partial charge in [0.25, 0.3) is 5.91 Å². The van der Waals surface area contributed by atoms with Gasteiger partial charge in [0.1, 0.15) is 12.4 Å². The van der Waals surface area contributed by atoms with Crippen LogP contribution in [0.2, 0.25) is 0 Å². The molecule has 3 aromatic carbocycles. The van der Waals surface area contributed by atoms with Crippen molar-refractivity contribution in [3.63, 3.8) is 0 Å². The summed E-state index contributed by atoms with van der Waals surface area (Å²) < 4.78 is 5.86. The Hall–Kier alpha value is -3.66. The lowest BCUT2D eigenvalue weighted by molar-refractivity contribution is 0.0952. The molecular formula is C24H20N2O2. The van der Waals surface area contributed by atoms with E-state index in [1.165, 1.54) is 0 Å². The minimum atomic E-state index is -0.139. The highest BCUT2D eigenvalue weighted by atomic mass is 16.5. The average Bonchev–Trinajstić information content (AvgIpc) is 2.77. The fourth-order valence-electron chi connectivity index (χ4n) is 3.05. The Labute approximate surface area is 163 Å². The zero-order valence-corrected chi connectivity index (χ0v) is 15.3. The molecular weight excluding hydrogens is 348 g/mol. The van der Waals surface area contributed by atoms with E-state index in [1.807, 2.05) is 78.9 Å². The van der Waals surface area contributed by atoms with Crippen LogP contribution in [-0.2, 0) is 13.2 Å². The molecule has 4 rings (SSSR count). The third-order valence-corrected chi connectivity index (χ3v) is 4.48. The third kappa shape index (κ3) is 4.18. The van der Waals surface area contributed by atoms with E-state index in [0.29, 0.717) is 24.2 Å². The summed E-state index contributed by atoms with van der Waals surface area (Å²) in [7, 11) is 0. The average molecular weight is 368 g/mol. The summed E-state index contributed by atoms with van der Waals surface area (Å²) in [6.45, 7) is 0.933. The molecule has 0 unspecified atom stereocenters. The van der Waals surface area contributed by atoms with Crippen molar-refractivity contribution < 1.29 is 9.53 Å². The molecule has 1 heterocycles. The van der Waals surface area contributed by atoms with Crippen LogP contribution < -0.4 is 10.1 Å². The molecule has 0 radical (unpaired) electrons. The molecule has 1 aromatic heterocycles. The monoisotopic (exact) mass is 368 g/mol. The fourth-order valence-corrected chi connectivity index (χ4v) is 3.05. The van der Waals surface area contributed by atoms with Gasteiger partial charge in [-0.25, -0.2) is 0 Å². The van der Waals surface area contributed by atoms with Crippen LogP contribution in [0.4, 0.5) is 0 Å². The fraction of sp³-hybridized carbons (Fsp3) is 0.0833. The van der Waals surface area contributed by atoms with Gasteiger partial charge >= 0.3 is 0 Å². The van der Waals surface area contributed by atoms with Gasteiger partial charge in [-0.05, 0) is 35.4 Å². The predicted octanol–water partition coefficient (Wildman–Crippen LogP) is 4.74. The van der Waals surface area contributed by atoms with Crippen molar-refractivity contribution in [2.75, 3.05) is 0 Å². The van der Waals surface area contributed by atoms with Crippen LogP contribution in [0, 0.1) is 0 Å². The first-order chi connectivity index (χ1) is 13.8. The van der Waals surface area contributed by atoms with Crippen molar-refractivity contribution in [1.82, 2.24) is 10.3 Å². The SMILES string of the molecule is O=C(NCc1cccc(OCc2ccccc2)c1)c1cccc2cccnc12. The maximum atomic E-state index is 12.6. The summed E-state index contributed by atoms with van der Waals surface area (Å²) in [4.78, 5) is 17.0. The molecule has 138 valence electrons. The first kappa shape index (κ1) is 17.7. The summed E-state index contributed by atoms with van der Waals surface area (Å²) in [5.74, 6) is 0.641. The van der Waals surface area contributed by atoms with Crippen LogP contribution in [0.1, 0.15) is 21.5 Å². The Morgan fingerprint density at radius 1 is 0.857 bits per heavy atom. The number of rotatable bonds is 6. The molecule has 0 spiro atoms. The molecule has 0 aliphatic rings. The van der Waals surface area contributed by atoms with E-state index >= 15 is 0 Å². The number of amides is 1. The highest BCUT2D eigenvalue weighted by Crippen LogP contribution is 2.17. The number of pyridine rings is 1. The van der Waals surface area contributed by atoms with Gasteiger partial charge < -0.3 is 10.1 Å². The number of ether oxygens (including phenoxy) is 1. The number of carbonyl (C=O) groups is 1. The molecule has 0 saturated heterocycles. The maximum Gasteiger partial charge on any atom is 0.253 e. The largest absolute Gasteiger partial charge is 0.489 e. The number of fused-ring (bicyclic) bond motifs is 1. The van der Waals surface area contributed by atoms with Gasteiger partial charge in [0.2, 0.25) is 0 Å². The Morgan fingerprint density at radius 2 is 1.64 bits per heavy atom. The van der Waals surface area contributed by atoms with Gasteiger partial charge in [-0.1, -0.05) is 60.7 Å². The summed E-state index contributed by atoms with van der Waals surface area (Å²) in [6, 6.07) is 27.2. The Bertz CT molecular complexity index is 1090. The number of benzene rings is 3. The molecule has 28 heavy (non-hydrogen) atoms. The molecule has 1 amide bonds. The lowest BCUT2D eigenvalue weighted by atomic mass is 10.1. The molecule has 0 aliphatic heterocycles. The first-order valence-electron chi connectivity index (χ1n) is 9.17. The molecule has 4 aromatic rings. The van der Waals surface area contributed by atoms with Crippen LogP contribution in [0.15, 0.2) is 91.1 Å². The van der Waals surface area contributed by atoms with Crippen LogP contribution in [0.25, 0.3) is 10.9 Å². The zero-order valence-electron chi connectivity index (χ0n) is 15.3. The van der Waals surface area contributed by atoms with Gasteiger partial charge in [0.15, 0.2) is 0 Å². The quantitative estimate of drug-likeness (QED) is 0.535. The summed E-state index contributed by atoms with van der Waals surface area (Å²) in [5.41, 5.74) is 3.38. The van der Waals surface area contributed by atoms with Crippen molar-refractivity contribution in [3.05, 3.63) is 108 Å². The Morgan fingerprint density at radius 3 is 2.54 bits per heavy atom. The minimum absolute atomic E-state index is 0.139. The molecule has 4 nitrogen and oxygen atoms in total. The maximum absolute atomic E-state index is 12.6. The molecule has 0 bridgehead atoms. The van der Waals surface area contributed by atoms with E-state index in [0.717, 1.165) is 22.3 Å². The molecule has 0 saturated carbocycles. The van der Waals surface area contributed by atoms with Crippen LogP contribution in [0.5, 0.6) is 5.75 Å². The van der Waals surface area contributed by atoms with E-state index in [-0.39, 0.29) is 5.91 Å². The van der Waals surface area contributed by atoms with Gasteiger partial charge in [0.05, 0.1) is 11.1 Å². The second kappa shape index (κ2) is 8.35. The molecule has 0 atom stereocenters. The predicted molar refractivity (Wildman–Crippen MR) is 110 cm³/mol. The first-order valence-corrected chi connectivity index (χ1v) is 9.17. The van der Waals surface area contributed by atoms with Crippen molar-refractivity contribution in [2.24, 2.45) is 0 Å². The van der Waals surface area contributed by atoms with Crippen molar-refractivity contribution in [3.8, 4) is 5.75 Å². The van der Waals surface area contributed by atoms with Gasteiger partial charge in [-0.2, -0.15) is 0 Å². The summed E-state index contributed by atoms with van der Waals surface area (Å²) >= 11 is 0. The van der Waals surface area contributed by atoms with E-state index in [1.54, 1.807) is 12.3 Å². The standard InChI is InChI=1S/C24H20N2O2/c27-24(22-13-5-10-20-11-6-14-25-23(20)22)26-16-19-9-4-12-21(15-19)28-17-18-7-2-1-3-8-18/h1-15H,16-17H2,(H,26,27). The number of nitrogens with one attached hydrogen (secondary N) is 1. The van der Waals surface area contributed by atoms with E-state index in [4.69, 9.17) is 4.74 Å². The Balaban J connectivity index is 1.41. The van der Waals surface area contributed by atoms with Crippen LogP contribution in [-0.4, -0.2) is 10.9 Å². The van der Waals surface area contributed by atoms with E-state index in [2.05, 4.69) is 10.3 Å². The van der Waals surface area contributed by atoms with Gasteiger partial charge in [0, 0.05) is 18.1 Å². The molecule has 0 aliphatic carbocycles.